The molecule has 2 N–H and O–H groups in total. The summed E-state index contributed by atoms with van der Waals surface area (Å²) in [5.41, 5.74) is 0. The molecule has 0 bridgehead atoms. The van der Waals surface area contributed by atoms with E-state index in [0.717, 1.165) is 0 Å². The van der Waals surface area contributed by atoms with Crippen LogP contribution in [0.2, 0.25) is 0 Å². The zero-order chi connectivity index (χ0) is 9.28. The number of carbonyl (C=O) groups excluding carboxylic acids is 1. The van der Waals surface area contributed by atoms with Crippen LogP contribution < -0.4 is 5.32 Å². The van der Waals surface area contributed by atoms with Crippen LogP contribution in [0.3, 0.4) is 0 Å². The van der Waals surface area contributed by atoms with Crippen LogP contribution in [0, 0.1) is 0 Å². The van der Waals surface area contributed by atoms with Crippen LogP contribution in [-0.4, -0.2) is 23.5 Å². The lowest BCUT2D eigenvalue weighted by molar-refractivity contribution is -0.137. The lowest BCUT2D eigenvalue weighted by atomic mass is 10.4. The van der Waals surface area contributed by atoms with Crippen molar-refractivity contribution in [2.75, 3.05) is 6.54 Å². The smallest absolute Gasteiger partial charge is 0.322 e. The zero-order valence-electron chi connectivity index (χ0n) is 7.18. The maximum Gasteiger partial charge on any atom is 0.322 e. The normalized spacial score (nSPS) is 7.55. The Balaban J connectivity index is 0. The summed E-state index contributed by atoms with van der Waals surface area (Å²) in [5, 5.41) is 10.2. The highest BCUT2D eigenvalue weighted by Crippen LogP contribution is 1.72. The van der Waals surface area contributed by atoms with E-state index in [-0.39, 0.29) is 12.5 Å². The van der Waals surface area contributed by atoms with E-state index in [0.29, 0.717) is 6.42 Å². The van der Waals surface area contributed by atoms with Crippen molar-refractivity contribution in [1.82, 2.24) is 5.32 Å². The lowest BCUT2D eigenvalue weighted by Crippen LogP contribution is -2.28. The Labute approximate surface area is 66.6 Å². The van der Waals surface area contributed by atoms with E-state index in [1.54, 1.807) is 6.92 Å². The number of carboxylic acids is 1. The predicted molar refractivity (Wildman–Crippen MR) is 42.3 cm³/mol. The molecule has 0 aliphatic heterocycles. The molecule has 0 aliphatic rings. The van der Waals surface area contributed by atoms with Crippen molar-refractivity contribution in [1.29, 1.82) is 0 Å². The summed E-state index contributed by atoms with van der Waals surface area (Å²) in [7, 11) is 0. The van der Waals surface area contributed by atoms with E-state index in [1.807, 2.05) is 13.8 Å². The Morgan fingerprint density at radius 1 is 1.36 bits per heavy atom. The number of aliphatic carboxylic acids is 1. The molecule has 0 unspecified atom stereocenters. The van der Waals surface area contributed by atoms with E-state index >= 15 is 0 Å². The van der Waals surface area contributed by atoms with Crippen LogP contribution >= 0.6 is 0 Å². The van der Waals surface area contributed by atoms with Gasteiger partial charge in [-0.15, -0.1) is 0 Å². The Kier molecular flexibility index (Phi) is 10.2. The fourth-order valence-electron chi connectivity index (χ4n) is 0.299. The number of amides is 1. The molecular formula is C7H15NO3. The highest BCUT2D eigenvalue weighted by molar-refractivity contribution is 5.80. The van der Waals surface area contributed by atoms with Crippen molar-refractivity contribution >= 4 is 11.9 Å². The highest BCUT2D eigenvalue weighted by Gasteiger charge is 1.98. The summed E-state index contributed by atoms with van der Waals surface area (Å²) in [5.74, 6) is -1.26. The third-order valence-corrected chi connectivity index (χ3v) is 0.758. The first-order chi connectivity index (χ1) is 5.16. The van der Waals surface area contributed by atoms with Gasteiger partial charge >= 0.3 is 5.97 Å². The molecule has 0 aromatic heterocycles. The Bertz CT molecular complexity index is 123. The van der Waals surface area contributed by atoms with Gasteiger partial charge in [-0.3, -0.25) is 9.59 Å². The van der Waals surface area contributed by atoms with Crippen LogP contribution in [0.25, 0.3) is 0 Å². The first-order valence-electron chi connectivity index (χ1n) is 3.65. The molecule has 0 saturated carbocycles. The van der Waals surface area contributed by atoms with Crippen molar-refractivity contribution in [2.24, 2.45) is 0 Å². The quantitative estimate of drug-likeness (QED) is 0.637. The second-order valence-corrected chi connectivity index (χ2v) is 1.52. The fraction of sp³-hybridized carbons (Fsp3) is 0.714. The third-order valence-electron chi connectivity index (χ3n) is 0.758. The van der Waals surface area contributed by atoms with Gasteiger partial charge in [-0.1, -0.05) is 20.8 Å². The fourth-order valence-corrected chi connectivity index (χ4v) is 0.299. The molecule has 0 fully saturated rings. The zero-order valence-corrected chi connectivity index (χ0v) is 7.18. The number of rotatable bonds is 3. The molecule has 0 rings (SSSR count). The van der Waals surface area contributed by atoms with Gasteiger partial charge in [0.2, 0.25) is 5.91 Å². The van der Waals surface area contributed by atoms with Gasteiger partial charge in [-0.25, -0.2) is 0 Å². The first kappa shape index (κ1) is 12.6. The molecule has 0 spiro atoms. The second-order valence-electron chi connectivity index (χ2n) is 1.52. The molecule has 1 amide bonds. The first-order valence-corrected chi connectivity index (χ1v) is 3.65. The molecule has 0 aromatic rings. The van der Waals surface area contributed by atoms with Gasteiger partial charge in [0.15, 0.2) is 0 Å². The van der Waals surface area contributed by atoms with Crippen LogP contribution in [0.15, 0.2) is 0 Å². The summed E-state index contributed by atoms with van der Waals surface area (Å²) in [6, 6.07) is 0. The Hall–Kier alpha value is -1.06. The lowest BCUT2D eigenvalue weighted by Gasteiger charge is -1.95. The van der Waals surface area contributed by atoms with Gasteiger partial charge in [-0.2, -0.15) is 0 Å². The molecular weight excluding hydrogens is 146 g/mol. The van der Waals surface area contributed by atoms with Gasteiger partial charge in [-0.05, 0) is 0 Å². The van der Waals surface area contributed by atoms with E-state index in [2.05, 4.69) is 5.32 Å². The molecule has 0 atom stereocenters. The molecule has 0 aromatic carbocycles. The number of carbonyl (C=O) groups is 2. The van der Waals surface area contributed by atoms with Gasteiger partial charge in [0.1, 0.15) is 6.54 Å². The maximum atomic E-state index is 10.3. The molecule has 0 heterocycles. The molecule has 0 aliphatic carbocycles. The standard InChI is InChI=1S/C5H9NO3.C2H6/c1-2-4(7)6-3-5(8)9;1-2/h2-3H2,1H3,(H,6,7)(H,8,9);1-2H3. The van der Waals surface area contributed by atoms with Crippen LogP contribution in [-0.2, 0) is 9.59 Å². The largest absolute Gasteiger partial charge is 0.480 e. The minimum Gasteiger partial charge on any atom is -0.480 e. The molecule has 0 saturated heterocycles. The summed E-state index contributed by atoms with van der Waals surface area (Å²) >= 11 is 0. The minimum atomic E-state index is -1.02. The van der Waals surface area contributed by atoms with Gasteiger partial charge in [0, 0.05) is 6.42 Å². The number of carboxylic acid groups (broad SMARTS) is 1. The average Bonchev–Trinajstić information content (AvgIpc) is 2.04. The molecule has 4 heteroatoms. The minimum absolute atomic E-state index is 0.239. The SMILES string of the molecule is CC.CCC(=O)NCC(=O)O. The summed E-state index contributed by atoms with van der Waals surface area (Å²) < 4.78 is 0. The highest BCUT2D eigenvalue weighted by atomic mass is 16.4. The van der Waals surface area contributed by atoms with Crippen molar-refractivity contribution in [3.63, 3.8) is 0 Å². The van der Waals surface area contributed by atoms with Gasteiger partial charge in [0.25, 0.3) is 0 Å². The number of nitrogens with one attached hydrogen (secondary N) is 1. The Morgan fingerprint density at radius 2 is 1.82 bits per heavy atom. The van der Waals surface area contributed by atoms with Crippen LogP contribution in [0.4, 0.5) is 0 Å². The number of hydrogen-bond donors (Lipinski definition) is 2. The van der Waals surface area contributed by atoms with Crippen LogP contribution in [0.5, 0.6) is 0 Å². The van der Waals surface area contributed by atoms with Crippen LogP contribution in [0.1, 0.15) is 27.2 Å². The predicted octanol–water partition coefficient (Wildman–Crippen LogP) is 0.623. The van der Waals surface area contributed by atoms with Crippen molar-refractivity contribution < 1.29 is 14.7 Å². The second kappa shape index (κ2) is 8.94. The van der Waals surface area contributed by atoms with E-state index < -0.39 is 5.97 Å². The topological polar surface area (TPSA) is 66.4 Å². The third kappa shape index (κ3) is 12.2. The molecule has 4 nitrogen and oxygen atoms in total. The maximum absolute atomic E-state index is 10.3. The summed E-state index contributed by atoms with van der Waals surface area (Å²) in [6.07, 6.45) is 0.327. The summed E-state index contributed by atoms with van der Waals surface area (Å²) in [6.45, 7) is 5.38. The van der Waals surface area contributed by atoms with Crippen molar-refractivity contribution in [2.45, 2.75) is 27.2 Å². The number of hydrogen-bond acceptors (Lipinski definition) is 2. The van der Waals surface area contributed by atoms with E-state index in [1.165, 1.54) is 0 Å². The van der Waals surface area contributed by atoms with E-state index in [4.69, 9.17) is 5.11 Å². The molecule has 0 radical (unpaired) electrons. The van der Waals surface area contributed by atoms with Gasteiger partial charge < -0.3 is 10.4 Å². The molecule has 11 heavy (non-hydrogen) atoms. The van der Waals surface area contributed by atoms with E-state index in [9.17, 15) is 9.59 Å². The van der Waals surface area contributed by atoms with Gasteiger partial charge in [0.05, 0.1) is 0 Å². The average molecular weight is 161 g/mol. The monoisotopic (exact) mass is 161 g/mol. The molecule has 66 valence electrons. The summed E-state index contributed by atoms with van der Waals surface area (Å²) in [4.78, 5) is 20.1. The van der Waals surface area contributed by atoms with Crippen molar-refractivity contribution in [3.8, 4) is 0 Å². The Morgan fingerprint density at radius 3 is 2.09 bits per heavy atom. The van der Waals surface area contributed by atoms with Crippen molar-refractivity contribution in [3.05, 3.63) is 0 Å².